The van der Waals surface area contributed by atoms with Crippen LogP contribution in [0.25, 0.3) is 0 Å². The van der Waals surface area contributed by atoms with E-state index >= 15 is 0 Å². The lowest BCUT2D eigenvalue weighted by atomic mass is 10.2. The zero-order valence-corrected chi connectivity index (χ0v) is 14.7. The number of anilines is 3. The van der Waals surface area contributed by atoms with Crippen LogP contribution in [0.15, 0.2) is 48.5 Å². The summed E-state index contributed by atoms with van der Waals surface area (Å²) in [7, 11) is 1.70. The number of hydrogen-bond donors (Lipinski definition) is 2. The standard InChI is InChI=1S/C19H23N3O3/c1-4-25-18-7-5-6-16(12-18)20-13-19(24)21-15-8-10-17(11-9-15)22(3)14(2)23/h5-12,20H,4,13H2,1-3H3,(H,21,24). The molecule has 0 bridgehead atoms. The van der Waals surface area contributed by atoms with Crippen LogP contribution in [0.2, 0.25) is 0 Å². The first-order valence-corrected chi connectivity index (χ1v) is 8.10. The van der Waals surface area contributed by atoms with Gasteiger partial charge in [0.25, 0.3) is 0 Å². The molecule has 2 rings (SSSR count). The molecule has 0 spiro atoms. The maximum atomic E-state index is 12.1. The Labute approximate surface area is 147 Å². The Bertz CT molecular complexity index is 729. The summed E-state index contributed by atoms with van der Waals surface area (Å²) in [6.07, 6.45) is 0. The van der Waals surface area contributed by atoms with Crippen molar-refractivity contribution in [3.63, 3.8) is 0 Å². The van der Waals surface area contributed by atoms with Gasteiger partial charge in [-0.2, -0.15) is 0 Å². The number of rotatable bonds is 7. The average molecular weight is 341 g/mol. The minimum Gasteiger partial charge on any atom is -0.494 e. The van der Waals surface area contributed by atoms with E-state index in [9.17, 15) is 9.59 Å². The number of amides is 2. The van der Waals surface area contributed by atoms with E-state index in [0.717, 1.165) is 17.1 Å². The van der Waals surface area contributed by atoms with E-state index in [1.165, 1.54) is 6.92 Å². The van der Waals surface area contributed by atoms with Crippen molar-refractivity contribution in [3.8, 4) is 5.75 Å². The highest BCUT2D eigenvalue weighted by Crippen LogP contribution is 2.18. The quantitative estimate of drug-likeness (QED) is 0.812. The Kier molecular flexibility index (Phi) is 6.39. The second kappa shape index (κ2) is 8.73. The molecule has 2 aromatic rings. The van der Waals surface area contributed by atoms with E-state index < -0.39 is 0 Å². The first-order valence-electron chi connectivity index (χ1n) is 8.10. The lowest BCUT2D eigenvalue weighted by Gasteiger charge is -2.15. The summed E-state index contributed by atoms with van der Waals surface area (Å²) in [4.78, 5) is 24.9. The average Bonchev–Trinajstić information content (AvgIpc) is 2.60. The highest BCUT2D eigenvalue weighted by atomic mass is 16.5. The van der Waals surface area contributed by atoms with Gasteiger partial charge in [0.05, 0.1) is 13.2 Å². The van der Waals surface area contributed by atoms with Gasteiger partial charge in [0, 0.05) is 37.1 Å². The van der Waals surface area contributed by atoms with Crippen LogP contribution in [-0.4, -0.2) is 32.0 Å². The maximum absolute atomic E-state index is 12.1. The number of nitrogens with zero attached hydrogens (tertiary/aromatic N) is 1. The van der Waals surface area contributed by atoms with Crippen molar-refractivity contribution in [2.24, 2.45) is 0 Å². The van der Waals surface area contributed by atoms with E-state index in [-0.39, 0.29) is 18.4 Å². The molecule has 0 aliphatic rings. The maximum Gasteiger partial charge on any atom is 0.243 e. The van der Waals surface area contributed by atoms with Crippen LogP contribution < -0.4 is 20.3 Å². The van der Waals surface area contributed by atoms with Crippen molar-refractivity contribution in [1.82, 2.24) is 0 Å². The van der Waals surface area contributed by atoms with Crippen molar-refractivity contribution < 1.29 is 14.3 Å². The topological polar surface area (TPSA) is 70.7 Å². The summed E-state index contributed by atoms with van der Waals surface area (Å²) in [5, 5.41) is 5.87. The number of hydrogen-bond acceptors (Lipinski definition) is 4. The number of carbonyl (C=O) groups excluding carboxylic acids is 2. The summed E-state index contributed by atoms with van der Waals surface area (Å²) in [6, 6.07) is 14.6. The molecule has 0 aliphatic carbocycles. The summed E-state index contributed by atoms with van der Waals surface area (Å²) >= 11 is 0. The number of carbonyl (C=O) groups is 2. The Hall–Kier alpha value is -3.02. The molecule has 6 nitrogen and oxygen atoms in total. The molecule has 0 aromatic heterocycles. The minimum atomic E-state index is -0.158. The third-order valence-corrected chi connectivity index (χ3v) is 3.61. The summed E-state index contributed by atoms with van der Waals surface area (Å²) in [5.41, 5.74) is 2.27. The normalized spacial score (nSPS) is 10.0. The molecule has 0 fully saturated rings. The van der Waals surface area contributed by atoms with Gasteiger partial charge in [-0.15, -0.1) is 0 Å². The van der Waals surface area contributed by atoms with Gasteiger partial charge in [0.2, 0.25) is 11.8 Å². The first kappa shape index (κ1) is 18.3. The second-order valence-corrected chi connectivity index (χ2v) is 5.49. The fourth-order valence-corrected chi connectivity index (χ4v) is 2.20. The summed E-state index contributed by atoms with van der Waals surface area (Å²) in [5.74, 6) is 0.558. The van der Waals surface area contributed by atoms with Crippen molar-refractivity contribution in [3.05, 3.63) is 48.5 Å². The highest BCUT2D eigenvalue weighted by Gasteiger charge is 2.07. The molecule has 0 unspecified atom stereocenters. The summed E-state index contributed by atoms with van der Waals surface area (Å²) in [6.45, 7) is 4.17. The van der Waals surface area contributed by atoms with E-state index in [1.54, 1.807) is 36.2 Å². The number of nitrogens with one attached hydrogen (secondary N) is 2. The molecule has 0 heterocycles. The molecule has 0 saturated heterocycles. The largest absolute Gasteiger partial charge is 0.494 e. The van der Waals surface area contributed by atoms with Crippen molar-refractivity contribution in [2.75, 3.05) is 35.7 Å². The van der Waals surface area contributed by atoms with Gasteiger partial charge in [0.15, 0.2) is 0 Å². The molecule has 2 N–H and O–H groups in total. The SMILES string of the molecule is CCOc1cccc(NCC(=O)Nc2ccc(N(C)C(C)=O)cc2)c1. The van der Waals surface area contributed by atoms with Gasteiger partial charge in [-0.05, 0) is 43.3 Å². The number of ether oxygens (including phenoxy) is 1. The molecule has 0 radical (unpaired) electrons. The fourth-order valence-electron chi connectivity index (χ4n) is 2.20. The van der Waals surface area contributed by atoms with Crippen molar-refractivity contribution >= 4 is 28.9 Å². The lowest BCUT2D eigenvalue weighted by molar-refractivity contribution is -0.116. The Morgan fingerprint density at radius 1 is 1.08 bits per heavy atom. The van der Waals surface area contributed by atoms with Gasteiger partial charge in [-0.25, -0.2) is 0 Å². The summed E-state index contributed by atoms with van der Waals surface area (Å²) < 4.78 is 5.43. The van der Waals surface area contributed by atoms with Crippen LogP contribution in [0.1, 0.15) is 13.8 Å². The van der Waals surface area contributed by atoms with E-state index in [0.29, 0.717) is 12.3 Å². The van der Waals surface area contributed by atoms with Gasteiger partial charge in [0.1, 0.15) is 5.75 Å². The van der Waals surface area contributed by atoms with Gasteiger partial charge >= 0.3 is 0 Å². The van der Waals surface area contributed by atoms with Crippen LogP contribution in [-0.2, 0) is 9.59 Å². The van der Waals surface area contributed by atoms with Crippen molar-refractivity contribution in [2.45, 2.75) is 13.8 Å². The third kappa shape index (κ3) is 5.53. The van der Waals surface area contributed by atoms with Crippen LogP contribution in [0.4, 0.5) is 17.1 Å². The molecule has 0 saturated carbocycles. The predicted molar refractivity (Wildman–Crippen MR) is 100 cm³/mol. The Morgan fingerprint density at radius 2 is 1.80 bits per heavy atom. The molecular formula is C19H23N3O3. The van der Waals surface area contributed by atoms with Crippen LogP contribution in [0.5, 0.6) is 5.75 Å². The molecule has 2 amide bonds. The van der Waals surface area contributed by atoms with Gasteiger partial charge in [-0.3, -0.25) is 9.59 Å². The Morgan fingerprint density at radius 3 is 2.44 bits per heavy atom. The van der Waals surface area contributed by atoms with Crippen LogP contribution in [0, 0.1) is 0 Å². The molecular weight excluding hydrogens is 318 g/mol. The fraction of sp³-hybridized carbons (Fsp3) is 0.263. The highest BCUT2D eigenvalue weighted by molar-refractivity contribution is 5.94. The monoisotopic (exact) mass is 341 g/mol. The molecule has 132 valence electrons. The molecule has 25 heavy (non-hydrogen) atoms. The van der Waals surface area contributed by atoms with E-state index in [4.69, 9.17) is 4.74 Å². The van der Waals surface area contributed by atoms with E-state index in [1.807, 2.05) is 31.2 Å². The van der Waals surface area contributed by atoms with E-state index in [2.05, 4.69) is 10.6 Å². The molecule has 0 aliphatic heterocycles. The van der Waals surface area contributed by atoms with Gasteiger partial charge < -0.3 is 20.3 Å². The lowest BCUT2D eigenvalue weighted by Crippen LogP contribution is -2.23. The zero-order valence-electron chi connectivity index (χ0n) is 14.7. The van der Waals surface area contributed by atoms with Crippen LogP contribution >= 0.6 is 0 Å². The second-order valence-electron chi connectivity index (χ2n) is 5.49. The third-order valence-electron chi connectivity index (χ3n) is 3.61. The zero-order chi connectivity index (χ0) is 18.2. The predicted octanol–water partition coefficient (Wildman–Crippen LogP) is 3.12. The molecule has 2 aromatic carbocycles. The van der Waals surface area contributed by atoms with Gasteiger partial charge in [-0.1, -0.05) is 6.07 Å². The Balaban J connectivity index is 1.88. The van der Waals surface area contributed by atoms with Crippen LogP contribution in [0.3, 0.4) is 0 Å². The molecule has 6 heteroatoms. The first-order chi connectivity index (χ1) is 12.0. The smallest absolute Gasteiger partial charge is 0.243 e. The number of benzene rings is 2. The minimum absolute atomic E-state index is 0.0460. The van der Waals surface area contributed by atoms with Crippen molar-refractivity contribution in [1.29, 1.82) is 0 Å². The molecule has 0 atom stereocenters.